The Hall–Kier alpha value is -2.08. The maximum absolute atomic E-state index is 11.5. The Balaban J connectivity index is 2.33. The van der Waals surface area contributed by atoms with E-state index < -0.39 is 5.91 Å². The number of benzene rings is 1. The Labute approximate surface area is 112 Å². The Morgan fingerprint density at radius 3 is 2.84 bits per heavy atom. The predicted molar refractivity (Wildman–Crippen MR) is 73.0 cm³/mol. The Morgan fingerprint density at radius 1 is 1.37 bits per heavy atom. The summed E-state index contributed by atoms with van der Waals surface area (Å²) in [6, 6.07) is 6.71. The monoisotopic (exact) mass is 265 g/mol. The van der Waals surface area contributed by atoms with Crippen molar-refractivity contribution in [1.82, 2.24) is 5.32 Å². The van der Waals surface area contributed by atoms with Crippen molar-refractivity contribution < 1.29 is 14.3 Å². The van der Waals surface area contributed by atoms with Crippen molar-refractivity contribution in [3.05, 3.63) is 29.8 Å². The first kappa shape index (κ1) is 15.0. The van der Waals surface area contributed by atoms with Gasteiger partial charge in [0, 0.05) is 31.5 Å². The Morgan fingerprint density at radius 2 is 2.16 bits per heavy atom. The van der Waals surface area contributed by atoms with Crippen molar-refractivity contribution >= 4 is 17.5 Å². The van der Waals surface area contributed by atoms with E-state index in [1.54, 1.807) is 31.4 Å². The van der Waals surface area contributed by atoms with Crippen molar-refractivity contribution in [1.29, 1.82) is 0 Å². The van der Waals surface area contributed by atoms with Crippen molar-refractivity contribution in [2.75, 3.05) is 32.1 Å². The molecular weight excluding hydrogens is 246 g/mol. The third kappa shape index (κ3) is 5.87. The van der Waals surface area contributed by atoms with E-state index in [9.17, 15) is 9.59 Å². The van der Waals surface area contributed by atoms with E-state index in [1.807, 2.05) is 0 Å². The molecule has 0 aromatic heterocycles. The predicted octanol–water partition coefficient (Wildman–Crippen LogP) is 0.350. The zero-order valence-corrected chi connectivity index (χ0v) is 10.9. The molecule has 0 aliphatic heterocycles. The lowest BCUT2D eigenvalue weighted by Gasteiger charge is -2.08. The third-order valence-electron chi connectivity index (χ3n) is 2.45. The van der Waals surface area contributed by atoms with Gasteiger partial charge in [-0.05, 0) is 24.6 Å². The van der Waals surface area contributed by atoms with Gasteiger partial charge >= 0.3 is 0 Å². The summed E-state index contributed by atoms with van der Waals surface area (Å²) in [4.78, 5) is 22.5. The molecule has 2 amide bonds. The van der Waals surface area contributed by atoms with Crippen LogP contribution in [0, 0.1) is 0 Å². The molecule has 0 fully saturated rings. The van der Waals surface area contributed by atoms with E-state index in [-0.39, 0.29) is 12.5 Å². The third-order valence-corrected chi connectivity index (χ3v) is 2.45. The molecule has 0 saturated carbocycles. The molecule has 0 saturated heterocycles. The van der Waals surface area contributed by atoms with Gasteiger partial charge in [0.15, 0.2) is 0 Å². The van der Waals surface area contributed by atoms with E-state index in [0.717, 1.165) is 6.42 Å². The van der Waals surface area contributed by atoms with Gasteiger partial charge in [-0.2, -0.15) is 0 Å². The second-order valence-corrected chi connectivity index (χ2v) is 3.99. The van der Waals surface area contributed by atoms with Crippen LogP contribution in [0.25, 0.3) is 0 Å². The zero-order valence-electron chi connectivity index (χ0n) is 10.9. The van der Waals surface area contributed by atoms with E-state index in [4.69, 9.17) is 10.5 Å². The zero-order chi connectivity index (χ0) is 14.1. The molecule has 6 nitrogen and oxygen atoms in total. The number of amides is 2. The summed E-state index contributed by atoms with van der Waals surface area (Å²) in [5.41, 5.74) is 6.27. The molecule has 1 aromatic rings. The van der Waals surface area contributed by atoms with Gasteiger partial charge in [0.05, 0.1) is 6.54 Å². The Bertz CT molecular complexity index is 435. The molecule has 104 valence electrons. The van der Waals surface area contributed by atoms with Gasteiger partial charge in [0.1, 0.15) is 0 Å². The van der Waals surface area contributed by atoms with Gasteiger partial charge in [-0.25, -0.2) is 0 Å². The molecule has 1 aromatic carbocycles. The second-order valence-electron chi connectivity index (χ2n) is 3.99. The van der Waals surface area contributed by atoms with Crippen LogP contribution in [0.1, 0.15) is 16.8 Å². The molecule has 1 rings (SSSR count). The van der Waals surface area contributed by atoms with Crippen molar-refractivity contribution in [2.45, 2.75) is 6.42 Å². The summed E-state index contributed by atoms with van der Waals surface area (Å²) in [5, 5.41) is 5.68. The molecule has 0 unspecified atom stereocenters. The average molecular weight is 265 g/mol. The highest BCUT2D eigenvalue weighted by Gasteiger charge is 2.03. The van der Waals surface area contributed by atoms with Crippen LogP contribution in [0.4, 0.5) is 5.69 Å². The lowest BCUT2D eigenvalue weighted by atomic mass is 10.2. The maximum Gasteiger partial charge on any atom is 0.248 e. The minimum Gasteiger partial charge on any atom is -0.385 e. The number of rotatable bonds is 8. The van der Waals surface area contributed by atoms with Crippen LogP contribution < -0.4 is 16.4 Å². The first-order valence-corrected chi connectivity index (χ1v) is 6.03. The fraction of sp³-hybridized carbons (Fsp3) is 0.385. The summed E-state index contributed by atoms with van der Waals surface area (Å²) >= 11 is 0. The van der Waals surface area contributed by atoms with Gasteiger partial charge in [-0.15, -0.1) is 0 Å². The highest BCUT2D eigenvalue weighted by Crippen LogP contribution is 2.09. The minimum absolute atomic E-state index is 0.111. The molecule has 4 N–H and O–H groups in total. The van der Waals surface area contributed by atoms with E-state index in [0.29, 0.717) is 24.4 Å². The summed E-state index contributed by atoms with van der Waals surface area (Å²) in [6.07, 6.45) is 0.777. The number of carbonyl (C=O) groups excluding carboxylic acids is 2. The van der Waals surface area contributed by atoms with E-state index in [2.05, 4.69) is 10.6 Å². The SMILES string of the molecule is COCCCNC(=O)CNc1cccc(C(N)=O)c1. The van der Waals surface area contributed by atoms with Gasteiger partial charge in [0.2, 0.25) is 11.8 Å². The highest BCUT2D eigenvalue weighted by molar-refractivity contribution is 5.93. The van der Waals surface area contributed by atoms with Crippen LogP contribution in [0.3, 0.4) is 0 Å². The number of nitrogens with two attached hydrogens (primary N) is 1. The maximum atomic E-state index is 11.5. The lowest BCUT2D eigenvalue weighted by Crippen LogP contribution is -2.31. The number of primary amides is 1. The topological polar surface area (TPSA) is 93.4 Å². The summed E-state index contributed by atoms with van der Waals surface area (Å²) < 4.78 is 4.88. The molecular formula is C13H19N3O3. The van der Waals surface area contributed by atoms with Crippen LogP contribution in [0.15, 0.2) is 24.3 Å². The van der Waals surface area contributed by atoms with Crippen LogP contribution in [0.2, 0.25) is 0 Å². The molecule has 0 aliphatic carbocycles. The van der Waals surface area contributed by atoms with Crippen LogP contribution in [0.5, 0.6) is 0 Å². The molecule has 0 atom stereocenters. The molecule has 0 aliphatic rings. The number of nitrogens with one attached hydrogen (secondary N) is 2. The Kier molecular flexibility index (Phi) is 6.38. The number of ether oxygens (including phenoxy) is 1. The molecule has 6 heteroatoms. The number of hydrogen-bond donors (Lipinski definition) is 3. The number of anilines is 1. The first-order chi connectivity index (χ1) is 9.13. The van der Waals surface area contributed by atoms with Gasteiger partial charge in [0.25, 0.3) is 0 Å². The largest absolute Gasteiger partial charge is 0.385 e. The fourth-order valence-corrected chi connectivity index (χ4v) is 1.47. The molecule has 0 heterocycles. The average Bonchev–Trinajstić information content (AvgIpc) is 2.41. The molecule has 0 spiro atoms. The standard InChI is InChI=1S/C13H19N3O3/c1-19-7-3-6-15-12(17)9-16-11-5-2-4-10(8-11)13(14)18/h2,4-5,8,16H,3,6-7,9H2,1H3,(H2,14,18)(H,15,17). The number of carbonyl (C=O) groups is 2. The smallest absolute Gasteiger partial charge is 0.248 e. The highest BCUT2D eigenvalue weighted by atomic mass is 16.5. The van der Waals surface area contributed by atoms with E-state index >= 15 is 0 Å². The first-order valence-electron chi connectivity index (χ1n) is 6.03. The number of hydrogen-bond acceptors (Lipinski definition) is 4. The minimum atomic E-state index is -0.493. The van der Waals surface area contributed by atoms with Gasteiger partial charge < -0.3 is 21.1 Å². The number of methoxy groups -OCH3 is 1. The fourth-order valence-electron chi connectivity index (χ4n) is 1.47. The van der Waals surface area contributed by atoms with Gasteiger partial charge in [-0.1, -0.05) is 6.07 Å². The van der Waals surface area contributed by atoms with Crippen molar-refractivity contribution in [3.8, 4) is 0 Å². The second kappa shape index (κ2) is 8.10. The van der Waals surface area contributed by atoms with Crippen LogP contribution in [-0.4, -0.2) is 38.6 Å². The summed E-state index contributed by atoms with van der Waals surface area (Å²) in [6.45, 7) is 1.35. The summed E-state index contributed by atoms with van der Waals surface area (Å²) in [7, 11) is 1.62. The van der Waals surface area contributed by atoms with Crippen LogP contribution in [-0.2, 0) is 9.53 Å². The molecule has 0 radical (unpaired) electrons. The van der Waals surface area contributed by atoms with Gasteiger partial charge in [-0.3, -0.25) is 9.59 Å². The normalized spacial score (nSPS) is 9.95. The molecule has 19 heavy (non-hydrogen) atoms. The quantitative estimate of drug-likeness (QED) is 0.591. The van der Waals surface area contributed by atoms with Crippen LogP contribution >= 0.6 is 0 Å². The van der Waals surface area contributed by atoms with Crippen molar-refractivity contribution in [2.24, 2.45) is 5.73 Å². The summed E-state index contributed by atoms with van der Waals surface area (Å²) in [5.74, 6) is -0.603. The molecule has 0 bridgehead atoms. The van der Waals surface area contributed by atoms with E-state index in [1.165, 1.54) is 0 Å². The van der Waals surface area contributed by atoms with Crippen molar-refractivity contribution in [3.63, 3.8) is 0 Å². The lowest BCUT2D eigenvalue weighted by molar-refractivity contribution is -0.119.